The first-order valence-corrected chi connectivity index (χ1v) is 3.82. The number of rotatable bonds is 2. The number of nitrogens with one attached hydrogen (secondary N) is 1. The van der Waals surface area contributed by atoms with Crippen molar-refractivity contribution in [2.45, 2.75) is 19.4 Å². The van der Waals surface area contributed by atoms with Crippen molar-refractivity contribution >= 4 is 0 Å². The van der Waals surface area contributed by atoms with Gasteiger partial charge in [0, 0.05) is 19.7 Å². The Morgan fingerprint density at radius 1 is 1.80 bits per heavy atom. The first-order valence-electron chi connectivity index (χ1n) is 3.82. The summed E-state index contributed by atoms with van der Waals surface area (Å²) in [6, 6.07) is 0. The van der Waals surface area contributed by atoms with Gasteiger partial charge in [-0.05, 0) is 13.3 Å². The van der Waals surface area contributed by atoms with Gasteiger partial charge in [-0.1, -0.05) is 12.2 Å². The molecule has 1 aliphatic heterocycles. The van der Waals surface area contributed by atoms with Crippen molar-refractivity contribution in [2.75, 3.05) is 19.7 Å². The first kappa shape index (κ1) is 7.76. The van der Waals surface area contributed by atoms with Crippen LogP contribution in [0.1, 0.15) is 13.3 Å². The van der Waals surface area contributed by atoms with E-state index in [-0.39, 0.29) is 0 Å². The lowest BCUT2D eigenvalue weighted by molar-refractivity contribution is 0.0569. The fraction of sp³-hybridized carbons (Fsp3) is 0.750. The molecule has 0 aromatic carbocycles. The molecule has 0 aliphatic carbocycles. The maximum atomic E-state index is 5.43. The molecule has 1 fully saturated rings. The van der Waals surface area contributed by atoms with Crippen molar-refractivity contribution < 1.29 is 4.74 Å². The molecule has 10 heavy (non-hydrogen) atoms. The van der Waals surface area contributed by atoms with Crippen molar-refractivity contribution in [3.05, 3.63) is 12.2 Å². The van der Waals surface area contributed by atoms with Gasteiger partial charge in [0.15, 0.2) is 0 Å². The van der Waals surface area contributed by atoms with E-state index in [0.717, 1.165) is 26.1 Å². The van der Waals surface area contributed by atoms with Crippen LogP contribution in [0, 0.1) is 0 Å². The van der Waals surface area contributed by atoms with E-state index in [1.54, 1.807) is 0 Å². The molecular formula is C8H15NO. The van der Waals surface area contributed by atoms with Gasteiger partial charge in [0.2, 0.25) is 0 Å². The monoisotopic (exact) mass is 141 g/mol. The normalized spacial score (nSPS) is 26.9. The Morgan fingerprint density at radius 2 is 2.60 bits per heavy atom. The zero-order valence-electron chi connectivity index (χ0n) is 6.52. The molecule has 0 aromatic rings. The van der Waals surface area contributed by atoms with Crippen molar-refractivity contribution in [3.63, 3.8) is 0 Å². The number of hydrogen-bond acceptors (Lipinski definition) is 2. The number of hydrogen-bond donors (Lipinski definition) is 1. The summed E-state index contributed by atoms with van der Waals surface area (Å²) >= 11 is 0. The molecule has 1 N–H and O–H groups in total. The molecule has 2 nitrogen and oxygen atoms in total. The number of ether oxygens (including phenoxy) is 1. The van der Waals surface area contributed by atoms with Crippen LogP contribution in [0.25, 0.3) is 0 Å². The highest BCUT2D eigenvalue weighted by Gasteiger charge is 2.14. The quantitative estimate of drug-likeness (QED) is 0.578. The van der Waals surface area contributed by atoms with Gasteiger partial charge < -0.3 is 10.1 Å². The molecule has 0 radical (unpaired) electrons. The summed E-state index contributed by atoms with van der Waals surface area (Å²) < 4.78 is 5.43. The predicted octanol–water partition coefficient (Wildman–Crippen LogP) is 0.941. The largest absolute Gasteiger partial charge is 0.377 e. The van der Waals surface area contributed by atoms with Crippen LogP contribution in [0.5, 0.6) is 0 Å². The molecule has 1 rings (SSSR count). The number of piperidine rings is 1. The summed E-state index contributed by atoms with van der Waals surface area (Å²) in [4.78, 5) is 0. The maximum Gasteiger partial charge on any atom is 0.0736 e. The Bertz CT molecular complexity index is 120. The average Bonchev–Trinajstić information content (AvgIpc) is 1.88. The lowest BCUT2D eigenvalue weighted by Gasteiger charge is -2.24. The van der Waals surface area contributed by atoms with E-state index in [1.165, 1.54) is 5.57 Å². The summed E-state index contributed by atoms with van der Waals surface area (Å²) in [7, 11) is 0. The minimum absolute atomic E-state index is 0.367. The van der Waals surface area contributed by atoms with Crippen LogP contribution in [0.2, 0.25) is 0 Å². The summed E-state index contributed by atoms with van der Waals surface area (Å²) in [5, 5.41) is 3.24. The predicted molar refractivity (Wildman–Crippen MR) is 42.0 cm³/mol. The molecule has 0 saturated carbocycles. The second-order valence-electron chi connectivity index (χ2n) is 2.66. The van der Waals surface area contributed by atoms with E-state index in [2.05, 4.69) is 11.9 Å². The molecule has 2 heteroatoms. The van der Waals surface area contributed by atoms with Gasteiger partial charge in [0.25, 0.3) is 0 Å². The van der Waals surface area contributed by atoms with Gasteiger partial charge in [-0.25, -0.2) is 0 Å². The highest BCUT2D eigenvalue weighted by Crippen LogP contribution is 2.09. The summed E-state index contributed by atoms with van der Waals surface area (Å²) in [5.41, 5.74) is 1.25. The fourth-order valence-electron chi connectivity index (χ4n) is 1.23. The summed E-state index contributed by atoms with van der Waals surface area (Å²) in [5.74, 6) is 0. The third-order valence-corrected chi connectivity index (χ3v) is 1.67. The SMILES string of the molecule is C=C1CNCC(OCC)C1. The molecular weight excluding hydrogens is 126 g/mol. The molecule has 0 aromatic heterocycles. The van der Waals surface area contributed by atoms with Gasteiger partial charge >= 0.3 is 0 Å². The molecule has 1 aliphatic rings. The minimum Gasteiger partial charge on any atom is -0.377 e. The second-order valence-corrected chi connectivity index (χ2v) is 2.66. The highest BCUT2D eigenvalue weighted by atomic mass is 16.5. The third-order valence-electron chi connectivity index (χ3n) is 1.67. The van der Waals surface area contributed by atoms with E-state index >= 15 is 0 Å². The Balaban J connectivity index is 2.25. The zero-order valence-corrected chi connectivity index (χ0v) is 6.52. The molecule has 1 saturated heterocycles. The average molecular weight is 141 g/mol. The Hall–Kier alpha value is -0.340. The van der Waals surface area contributed by atoms with Crippen LogP contribution in [0.15, 0.2) is 12.2 Å². The maximum absolute atomic E-state index is 5.43. The van der Waals surface area contributed by atoms with E-state index in [9.17, 15) is 0 Å². The van der Waals surface area contributed by atoms with Crippen LogP contribution in [0.4, 0.5) is 0 Å². The Labute approximate surface area is 62.3 Å². The van der Waals surface area contributed by atoms with E-state index in [0.29, 0.717) is 6.10 Å². The molecule has 1 heterocycles. The first-order chi connectivity index (χ1) is 4.83. The van der Waals surface area contributed by atoms with E-state index in [4.69, 9.17) is 4.74 Å². The van der Waals surface area contributed by atoms with Crippen LogP contribution >= 0.6 is 0 Å². The van der Waals surface area contributed by atoms with Crippen molar-refractivity contribution in [1.29, 1.82) is 0 Å². The Morgan fingerprint density at radius 3 is 3.20 bits per heavy atom. The summed E-state index contributed by atoms with van der Waals surface area (Å²) in [6.07, 6.45) is 1.40. The third kappa shape index (κ3) is 2.12. The van der Waals surface area contributed by atoms with Crippen LogP contribution in [-0.4, -0.2) is 25.8 Å². The molecule has 1 atom stereocenters. The molecule has 0 amide bonds. The Kier molecular flexibility index (Phi) is 2.90. The highest BCUT2D eigenvalue weighted by molar-refractivity contribution is 5.02. The van der Waals surface area contributed by atoms with Crippen LogP contribution in [-0.2, 0) is 4.74 Å². The van der Waals surface area contributed by atoms with Gasteiger partial charge in [-0.15, -0.1) is 0 Å². The molecule has 1 unspecified atom stereocenters. The summed E-state index contributed by atoms with van der Waals surface area (Å²) in [6.45, 7) is 8.68. The van der Waals surface area contributed by atoms with Gasteiger partial charge in [0.1, 0.15) is 0 Å². The molecule has 58 valence electrons. The van der Waals surface area contributed by atoms with Crippen molar-refractivity contribution in [2.24, 2.45) is 0 Å². The topological polar surface area (TPSA) is 21.3 Å². The fourth-order valence-corrected chi connectivity index (χ4v) is 1.23. The lowest BCUT2D eigenvalue weighted by atomic mass is 10.1. The minimum atomic E-state index is 0.367. The van der Waals surface area contributed by atoms with Crippen LogP contribution < -0.4 is 5.32 Å². The smallest absolute Gasteiger partial charge is 0.0736 e. The molecule has 0 spiro atoms. The van der Waals surface area contributed by atoms with Gasteiger partial charge in [-0.2, -0.15) is 0 Å². The van der Waals surface area contributed by atoms with Crippen LogP contribution in [0.3, 0.4) is 0 Å². The van der Waals surface area contributed by atoms with Gasteiger partial charge in [0.05, 0.1) is 6.10 Å². The van der Waals surface area contributed by atoms with Gasteiger partial charge in [-0.3, -0.25) is 0 Å². The zero-order chi connectivity index (χ0) is 7.40. The van der Waals surface area contributed by atoms with E-state index in [1.807, 2.05) is 6.92 Å². The lowest BCUT2D eigenvalue weighted by Crippen LogP contribution is -2.36. The molecule has 0 bridgehead atoms. The second kappa shape index (κ2) is 3.74. The standard InChI is InChI=1S/C8H15NO/c1-3-10-8-4-7(2)5-9-6-8/h8-9H,2-6H2,1H3. The van der Waals surface area contributed by atoms with Crippen molar-refractivity contribution in [3.8, 4) is 0 Å². The van der Waals surface area contributed by atoms with Crippen molar-refractivity contribution in [1.82, 2.24) is 5.32 Å². The van der Waals surface area contributed by atoms with E-state index < -0.39 is 0 Å².